The summed E-state index contributed by atoms with van der Waals surface area (Å²) in [5.74, 6) is -0.0911. The van der Waals surface area contributed by atoms with Gasteiger partial charge in [-0.2, -0.15) is 0 Å². The Bertz CT molecular complexity index is 685. The Morgan fingerprint density at radius 1 is 1.17 bits per heavy atom. The SMILES string of the molecule is Cc1ncc(B2OC(C)(C)C(C)(C)O2)cc1CS(=O)(=O)N(C)C. The number of pyridine rings is 1. The molecule has 128 valence electrons. The minimum absolute atomic E-state index is 0.0911. The highest BCUT2D eigenvalue weighted by atomic mass is 32.2. The van der Waals surface area contributed by atoms with Gasteiger partial charge in [0.05, 0.1) is 17.0 Å². The van der Waals surface area contributed by atoms with Crippen molar-refractivity contribution in [1.82, 2.24) is 9.29 Å². The molecular formula is C15H25BN2O4S. The zero-order valence-corrected chi connectivity index (χ0v) is 15.7. The lowest BCUT2D eigenvalue weighted by Gasteiger charge is -2.32. The molecule has 0 aliphatic carbocycles. The summed E-state index contributed by atoms with van der Waals surface area (Å²) in [7, 11) is -0.847. The first kappa shape index (κ1) is 18.4. The van der Waals surface area contributed by atoms with Crippen LogP contribution < -0.4 is 5.46 Å². The van der Waals surface area contributed by atoms with Gasteiger partial charge in [-0.05, 0) is 40.2 Å². The molecule has 0 radical (unpaired) electrons. The summed E-state index contributed by atoms with van der Waals surface area (Å²) >= 11 is 0. The second kappa shape index (κ2) is 5.84. The van der Waals surface area contributed by atoms with Crippen LogP contribution in [0.15, 0.2) is 12.3 Å². The van der Waals surface area contributed by atoms with Crippen LogP contribution in [-0.4, -0.2) is 50.1 Å². The van der Waals surface area contributed by atoms with Gasteiger partial charge in [-0.1, -0.05) is 6.07 Å². The third-order valence-corrected chi connectivity index (χ3v) is 6.42. The zero-order valence-electron chi connectivity index (χ0n) is 14.9. The maximum atomic E-state index is 12.1. The molecule has 1 fully saturated rings. The number of aromatic nitrogens is 1. The van der Waals surface area contributed by atoms with E-state index in [9.17, 15) is 8.42 Å². The summed E-state index contributed by atoms with van der Waals surface area (Å²) < 4.78 is 37.5. The van der Waals surface area contributed by atoms with E-state index >= 15 is 0 Å². The Hall–Kier alpha value is -0.955. The molecule has 0 aromatic carbocycles. The van der Waals surface area contributed by atoms with E-state index in [1.54, 1.807) is 13.1 Å². The maximum absolute atomic E-state index is 12.1. The maximum Gasteiger partial charge on any atom is 0.496 e. The Balaban J connectivity index is 2.32. The van der Waals surface area contributed by atoms with E-state index < -0.39 is 28.3 Å². The topological polar surface area (TPSA) is 68.7 Å². The molecule has 0 spiro atoms. The van der Waals surface area contributed by atoms with Crippen LogP contribution in [0.3, 0.4) is 0 Å². The van der Waals surface area contributed by atoms with Crippen LogP contribution in [0, 0.1) is 6.92 Å². The van der Waals surface area contributed by atoms with Gasteiger partial charge < -0.3 is 9.31 Å². The van der Waals surface area contributed by atoms with E-state index in [0.717, 1.165) is 5.46 Å². The number of hydrogen-bond acceptors (Lipinski definition) is 5. The average Bonchev–Trinajstić information content (AvgIpc) is 2.60. The molecule has 1 saturated heterocycles. The molecule has 0 amide bonds. The first-order valence-corrected chi connectivity index (χ1v) is 9.18. The summed E-state index contributed by atoms with van der Waals surface area (Å²) in [5.41, 5.74) is 1.19. The normalized spacial score (nSPS) is 20.3. The van der Waals surface area contributed by atoms with Gasteiger partial charge in [0, 0.05) is 31.4 Å². The Morgan fingerprint density at radius 3 is 2.17 bits per heavy atom. The fourth-order valence-corrected chi connectivity index (χ4v) is 3.12. The Kier molecular flexibility index (Phi) is 4.67. The third-order valence-electron chi connectivity index (χ3n) is 4.63. The van der Waals surface area contributed by atoms with Crippen molar-refractivity contribution in [2.75, 3.05) is 14.1 Å². The van der Waals surface area contributed by atoms with E-state index in [1.165, 1.54) is 18.4 Å². The van der Waals surface area contributed by atoms with Crippen molar-refractivity contribution >= 4 is 22.6 Å². The number of rotatable bonds is 4. The molecule has 0 bridgehead atoms. The second-order valence-corrected chi connectivity index (χ2v) is 9.32. The van der Waals surface area contributed by atoms with Gasteiger partial charge in [0.1, 0.15) is 0 Å². The van der Waals surface area contributed by atoms with Crippen LogP contribution in [0.2, 0.25) is 0 Å². The highest BCUT2D eigenvalue weighted by Gasteiger charge is 2.51. The first-order valence-electron chi connectivity index (χ1n) is 7.57. The zero-order chi connectivity index (χ0) is 17.6. The molecule has 2 rings (SSSR count). The summed E-state index contributed by atoms with van der Waals surface area (Å²) in [6.07, 6.45) is 1.68. The summed E-state index contributed by atoms with van der Waals surface area (Å²) in [5, 5.41) is 0. The smallest absolute Gasteiger partial charge is 0.399 e. The molecule has 6 nitrogen and oxygen atoms in total. The van der Waals surface area contributed by atoms with Gasteiger partial charge in [-0.15, -0.1) is 0 Å². The number of sulfonamides is 1. The van der Waals surface area contributed by atoms with Crippen molar-refractivity contribution in [2.24, 2.45) is 0 Å². The van der Waals surface area contributed by atoms with Gasteiger partial charge >= 0.3 is 7.12 Å². The van der Waals surface area contributed by atoms with Gasteiger partial charge in [0.15, 0.2) is 0 Å². The number of nitrogens with zero attached hydrogens (tertiary/aromatic N) is 2. The predicted octanol–water partition coefficient (Wildman–Crippen LogP) is 1.08. The summed E-state index contributed by atoms with van der Waals surface area (Å²) in [6, 6.07) is 1.81. The van der Waals surface area contributed by atoms with E-state index in [4.69, 9.17) is 9.31 Å². The lowest BCUT2D eigenvalue weighted by molar-refractivity contribution is 0.00578. The second-order valence-electron chi connectivity index (χ2n) is 7.14. The first-order chi connectivity index (χ1) is 10.4. The van der Waals surface area contributed by atoms with E-state index in [0.29, 0.717) is 11.3 Å². The van der Waals surface area contributed by atoms with Crippen LogP contribution >= 0.6 is 0 Å². The minimum Gasteiger partial charge on any atom is -0.399 e. The highest BCUT2D eigenvalue weighted by molar-refractivity contribution is 7.88. The van der Waals surface area contributed by atoms with E-state index in [-0.39, 0.29) is 5.75 Å². The molecule has 2 heterocycles. The van der Waals surface area contributed by atoms with Crippen LogP contribution in [0.4, 0.5) is 0 Å². The number of hydrogen-bond donors (Lipinski definition) is 0. The quantitative estimate of drug-likeness (QED) is 0.768. The van der Waals surface area contributed by atoms with Gasteiger partial charge in [-0.3, -0.25) is 4.98 Å². The van der Waals surface area contributed by atoms with Gasteiger partial charge in [0.25, 0.3) is 0 Å². The summed E-state index contributed by atoms with van der Waals surface area (Å²) in [6.45, 7) is 9.71. The average molecular weight is 340 g/mol. The van der Waals surface area contributed by atoms with Crippen LogP contribution in [0.5, 0.6) is 0 Å². The molecule has 1 aromatic rings. The standard InChI is InChI=1S/C15H25BN2O4S/c1-11-12(10-23(19,20)18(6)7)8-13(9-17-11)16-21-14(2,3)15(4,5)22-16/h8-9H,10H2,1-7H3. The molecule has 8 heteroatoms. The third kappa shape index (κ3) is 3.60. The highest BCUT2D eigenvalue weighted by Crippen LogP contribution is 2.36. The van der Waals surface area contributed by atoms with Crippen molar-refractivity contribution in [3.05, 3.63) is 23.5 Å². The molecule has 0 saturated carbocycles. The largest absolute Gasteiger partial charge is 0.496 e. The van der Waals surface area contributed by atoms with Crippen molar-refractivity contribution in [2.45, 2.75) is 51.6 Å². The fourth-order valence-electron chi connectivity index (χ4n) is 2.18. The van der Waals surface area contributed by atoms with E-state index in [2.05, 4.69) is 4.98 Å². The molecule has 0 N–H and O–H groups in total. The van der Waals surface area contributed by atoms with Crippen molar-refractivity contribution < 1.29 is 17.7 Å². The molecular weight excluding hydrogens is 315 g/mol. The molecule has 1 aliphatic rings. The molecule has 0 unspecified atom stereocenters. The monoisotopic (exact) mass is 340 g/mol. The fraction of sp³-hybridized carbons (Fsp3) is 0.667. The molecule has 0 atom stereocenters. The van der Waals surface area contributed by atoms with Crippen LogP contribution in [0.25, 0.3) is 0 Å². The van der Waals surface area contributed by atoms with Crippen LogP contribution in [0.1, 0.15) is 39.0 Å². The summed E-state index contributed by atoms with van der Waals surface area (Å²) in [4.78, 5) is 4.32. The lowest BCUT2D eigenvalue weighted by Crippen LogP contribution is -2.41. The van der Waals surface area contributed by atoms with Crippen molar-refractivity contribution in [3.8, 4) is 0 Å². The lowest BCUT2D eigenvalue weighted by atomic mass is 9.79. The van der Waals surface area contributed by atoms with Crippen molar-refractivity contribution in [1.29, 1.82) is 0 Å². The van der Waals surface area contributed by atoms with E-state index in [1.807, 2.05) is 33.8 Å². The van der Waals surface area contributed by atoms with Crippen LogP contribution in [-0.2, 0) is 25.1 Å². The Morgan fingerprint density at radius 2 is 1.70 bits per heavy atom. The van der Waals surface area contributed by atoms with Gasteiger partial charge in [-0.25, -0.2) is 12.7 Å². The molecule has 1 aromatic heterocycles. The predicted molar refractivity (Wildman–Crippen MR) is 91.0 cm³/mol. The molecule has 23 heavy (non-hydrogen) atoms. The van der Waals surface area contributed by atoms with Gasteiger partial charge in [0.2, 0.25) is 10.0 Å². The Labute approximate surface area is 139 Å². The minimum atomic E-state index is -3.35. The molecule has 1 aliphatic heterocycles. The number of aryl methyl sites for hydroxylation is 1. The van der Waals surface area contributed by atoms with Crippen molar-refractivity contribution in [3.63, 3.8) is 0 Å².